The van der Waals surface area contributed by atoms with E-state index >= 15 is 0 Å². The average Bonchev–Trinajstić information content (AvgIpc) is 3.19. The van der Waals surface area contributed by atoms with Crippen LogP contribution in [0.15, 0.2) is 18.2 Å². The zero-order valence-corrected chi connectivity index (χ0v) is 13.6. The summed E-state index contributed by atoms with van der Waals surface area (Å²) < 4.78 is 0. The van der Waals surface area contributed by atoms with Crippen LogP contribution in [0.25, 0.3) is 22.2 Å². The quantitative estimate of drug-likeness (QED) is 0.759. The molecule has 1 saturated heterocycles. The molecule has 0 bridgehead atoms. The molecule has 0 unspecified atom stereocenters. The molecule has 0 saturated carbocycles. The van der Waals surface area contributed by atoms with Crippen molar-refractivity contribution in [1.29, 1.82) is 0 Å². The minimum absolute atomic E-state index is 0.0413. The molecule has 3 heterocycles. The van der Waals surface area contributed by atoms with Gasteiger partial charge in [-0.2, -0.15) is 0 Å². The predicted molar refractivity (Wildman–Crippen MR) is 92.2 cm³/mol. The second-order valence-electron chi connectivity index (χ2n) is 6.79. The number of aromatic nitrogens is 4. The molecule has 0 amide bonds. The van der Waals surface area contributed by atoms with Gasteiger partial charge in [-0.1, -0.05) is 6.07 Å². The second-order valence-corrected chi connectivity index (χ2v) is 6.79. The first-order chi connectivity index (χ1) is 11.7. The third-order valence-electron chi connectivity index (χ3n) is 5.31. The Morgan fingerprint density at radius 3 is 2.96 bits per heavy atom. The van der Waals surface area contributed by atoms with Crippen LogP contribution in [0.1, 0.15) is 31.0 Å². The molecule has 1 atom stereocenters. The largest absolute Gasteiger partial charge is 0.492 e. The molecule has 6 heteroatoms. The summed E-state index contributed by atoms with van der Waals surface area (Å²) in [7, 11) is 0. The Hall–Kier alpha value is -2.63. The van der Waals surface area contributed by atoms with E-state index in [1.807, 2.05) is 18.2 Å². The van der Waals surface area contributed by atoms with Crippen LogP contribution in [0.5, 0.6) is 5.88 Å². The fourth-order valence-corrected chi connectivity index (χ4v) is 3.75. The van der Waals surface area contributed by atoms with Gasteiger partial charge in [0.25, 0.3) is 0 Å². The summed E-state index contributed by atoms with van der Waals surface area (Å²) >= 11 is 0. The van der Waals surface area contributed by atoms with Crippen molar-refractivity contribution in [2.24, 2.45) is 0 Å². The van der Waals surface area contributed by atoms with E-state index in [9.17, 15) is 5.11 Å². The lowest BCUT2D eigenvalue weighted by atomic mass is 10.0. The molecule has 1 fully saturated rings. The van der Waals surface area contributed by atoms with Crippen molar-refractivity contribution in [3.63, 3.8) is 0 Å². The molecule has 2 N–H and O–H groups in total. The summed E-state index contributed by atoms with van der Waals surface area (Å²) in [6.45, 7) is 3.26. The van der Waals surface area contributed by atoms with E-state index in [-0.39, 0.29) is 5.88 Å². The van der Waals surface area contributed by atoms with Gasteiger partial charge in [-0.3, -0.25) is 5.10 Å². The average molecular weight is 321 g/mol. The fraction of sp³-hybridized carbons (Fsp3) is 0.389. The third-order valence-corrected chi connectivity index (χ3v) is 5.31. The molecule has 5 rings (SSSR count). The van der Waals surface area contributed by atoms with Gasteiger partial charge in [-0.15, -0.1) is 5.10 Å². The third kappa shape index (κ3) is 1.92. The highest BCUT2D eigenvalue weighted by molar-refractivity contribution is 5.88. The maximum Gasteiger partial charge on any atom is 0.238 e. The molecule has 24 heavy (non-hydrogen) atoms. The lowest BCUT2D eigenvalue weighted by molar-refractivity contribution is 0.457. The van der Waals surface area contributed by atoms with Crippen molar-refractivity contribution in [2.75, 3.05) is 11.4 Å². The van der Waals surface area contributed by atoms with Gasteiger partial charge < -0.3 is 10.0 Å². The molecule has 0 spiro atoms. The number of H-pyrrole nitrogens is 1. The Kier molecular flexibility index (Phi) is 2.83. The summed E-state index contributed by atoms with van der Waals surface area (Å²) in [5.74, 6) is 0.900. The first-order valence-corrected chi connectivity index (χ1v) is 8.54. The highest BCUT2D eigenvalue weighted by Gasteiger charge is 2.29. The van der Waals surface area contributed by atoms with E-state index in [2.05, 4.69) is 22.0 Å². The summed E-state index contributed by atoms with van der Waals surface area (Å²) in [4.78, 5) is 12.0. The number of rotatable bonds is 2. The molecule has 1 aliphatic heterocycles. The molecule has 122 valence electrons. The van der Waals surface area contributed by atoms with Gasteiger partial charge in [0.2, 0.25) is 11.8 Å². The van der Waals surface area contributed by atoms with Gasteiger partial charge >= 0.3 is 0 Å². The Balaban J connectivity index is 1.67. The molecule has 6 nitrogen and oxygen atoms in total. The van der Waals surface area contributed by atoms with Crippen LogP contribution in [0.3, 0.4) is 0 Å². The van der Waals surface area contributed by atoms with Crippen LogP contribution in [0.2, 0.25) is 0 Å². The highest BCUT2D eigenvalue weighted by atomic mass is 16.3. The number of benzene rings is 1. The monoisotopic (exact) mass is 321 g/mol. The number of hydrogen-bond acceptors (Lipinski definition) is 5. The minimum atomic E-state index is 0.0413. The van der Waals surface area contributed by atoms with Crippen molar-refractivity contribution < 1.29 is 5.11 Å². The number of aromatic amines is 1. The van der Waals surface area contributed by atoms with Crippen molar-refractivity contribution in [3.05, 3.63) is 29.5 Å². The van der Waals surface area contributed by atoms with E-state index in [4.69, 9.17) is 9.97 Å². The maximum absolute atomic E-state index is 9.74. The molecule has 1 aliphatic carbocycles. The molecular weight excluding hydrogens is 302 g/mol. The van der Waals surface area contributed by atoms with Crippen molar-refractivity contribution in [1.82, 2.24) is 20.2 Å². The predicted octanol–water partition coefficient (Wildman–Crippen LogP) is 2.81. The van der Waals surface area contributed by atoms with Gasteiger partial charge in [-0.05, 0) is 44.7 Å². The summed E-state index contributed by atoms with van der Waals surface area (Å²) in [5, 5.41) is 17.2. The van der Waals surface area contributed by atoms with Crippen LogP contribution >= 0.6 is 0 Å². The van der Waals surface area contributed by atoms with Gasteiger partial charge in [0.15, 0.2) is 0 Å². The first-order valence-electron chi connectivity index (χ1n) is 8.54. The summed E-state index contributed by atoms with van der Waals surface area (Å²) in [6.07, 6.45) is 4.41. The maximum atomic E-state index is 9.74. The van der Waals surface area contributed by atoms with Gasteiger partial charge in [0.1, 0.15) is 0 Å². The van der Waals surface area contributed by atoms with Crippen LogP contribution < -0.4 is 4.90 Å². The van der Waals surface area contributed by atoms with Crippen LogP contribution in [0, 0.1) is 0 Å². The summed E-state index contributed by atoms with van der Waals surface area (Å²) in [6, 6.07) is 6.46. The number of hydrogen-bond donors (Lipinski definition) is 2. The molecule has 1 aromatic carbocycles. The Labute approximate surface area is 139 Å². The number of anilines is 1. The zero-order chi connectivity index (χ0) is 16.3. The van der Waals surface area contributed by atoms with E-state index < -0.39 is 0 Å². The Morgan fingerprint density at radius 2 is 2.17 bits per heavy atom. The van der Waals surface area contributed by atoms with E-state index in [1.165, 1.54) is 17.7 Å². The number of nitrogens with one attached hydrogen (secondary N) is 1. The molecule has 2 aliphatic rings. The lowest BCUT2D eigenvalue weighted by Crippen LogP contribution is -2.46. The van der Waals surface area contributed by atoms with Crippen molar-refractivity contribution in [2.45, 2.75) is 38.6 Å². The normalized spacial score (nSPS) is 19.5. The van der Waals surface area contributed by atoms with E-state index in [0.717, 1.165) is 53.9 Å². The SMILES string of the molecule is C[C@H]1CCN1c1nc2c(c(-c3ccc4c(O)n[nH]c4c3)n1)CCC2. The van der Waals surface area contributed by atoms with E-state index in [0.29, 0.717) is 6.04 Å². The molecular formula is C18H19N5O. The zero-order valence-electron chi connectivity index (χ0n) is 13.6. The second kappa shape index (κ2) is 4.93. The Bertz CT molecular complexity index is 948. The van der Waals surface area contributed by atoms with E-state index in [1.54, 1.807) is 0 Å². The first kappa shape index (κ1) is 13.8. The smallest absolute Gasteiger partial charge is 0.238 e. The van der Waals surface area contributed by atoms with Gasteiger partial charge in [-0.25, -0.2) is 9.97 Å². The van der Waals surface area contributed by atoms with Crippen LogP contribution in [-0.2, 0) is 12.8 Å². The standard InChI is InChI=1S/C18H19N5O/c1-10-7-8-23(10)18-19-14-4-2-3-12(14)16(20-18)11-5-6-13-15(9-11)21-22-17(13)24/h5-6,9-10H,2-4,7-8H2,1H3,(H2,21,22,24)/t10-/m0/s1. The highest BCUT2D eigenvalue weighted by Crippen LogP contribution is 2.35. The molecule has 3 aromatic rings. The lowest BCUT2D eigenvalue weighted by Gasteiger charge is -2.39. The fourth-order valence-electron chi connectivity index (χ4n) is 3.75. The number of fused-ring (bicyclic) bond motifs is 2. The van der Waals surface area contributed by atoms with Crippen LogP contribution in [-0.4, -0.2) is 37.9 Å². The van der Waals surface area contributed by atoms with Crippen molar-refractivity contribution in [3.8, 4) is 17.1 Å². The summed E-state index contributed by atoms with van der Waals surface area (Å²) in [5.41, 5.74) is 5.38. The number of nitrogens with zero attached hydrogens (tertiary/aromatic N) is 4. The minimum Gasteiger partial charge on any atom is -0.492 e. The van der Waals surface area contributed by atoms with Crippen molar-refractivity contribution >= 4 is 16.9 Å². The van der Waals surface area contributed by atoms with Crippen LogP contribution in [0.4, 0.5) is 5.95 Å². The van der Waals surface area contributed by atoms with Gasteiger partial charge in [0, 0.05) is 29.4 Å². The molecule has 0 radical (unpaired) electrons. The molecule has 2 aromatic heterocycles. The topological polar surface area (TPSA) is 77.9 Å². The Morgan fingerprint density at radius 1 is 1.25 bits per heavy atom. The van der Waals surface area contributed by atoms with Gasteiger partial charge in [0.05, 0.1) is 16.6 Å². The number of aromatic hydroxyl groups is 1. The number of aryl methyl sites for hydroxylation is 1.